The van der Waals surface area contributed by atoms with Gasteiger partial charge in [-0.1, -0.05) is 0 Å². The summed E-state index contributed by atoms with van der Waals surface area (Å²) in [4.78, 5) is 2.01. The van der Waals surface area contributed by atoms with Crippen LogP contribution in [0.4, 0.5) is 18.9 Å². The van der Waals surface area contributed by atoms with Gasteiger partial charge < -0.3 is 15.2 Å². The average molecular weight is 290 g/mol. The van der Waals surface area contributed by atoms with E-state index in [1.54, 1.807) is 0 Å². The summed E-state index contributed by atoms with van der Waals surface area (Å²) in [6, 6.07) is 2.01. The zero-order valence-electron chi connectivity index (χ0n) is 11.2. The molecule has 0 saturated carbocycles. The third kappa shape index (κ3) is 3.34. The molecule has 0 radical (unpaired) electrons. The van der Waals surface area contributed by atoms with Crippen molar-refractivity contribution in [3.05, 3.63) is 23.3 Å². The molecule has 0 bridgehead atoms. The number of halogens is 3. The molecule has 2 rings (SSSR count). The molecule has 1 aromatic carbocycles. The molecule has 0 aliphatic carbocycles. The van der Waals surface area contributed by atoms with E-state index in [1.807, 2.05) is 4.90 Å². The fourth-order valence-corrected chi connectivity index (χ4v) is 2.24. The fourth-order valence-electron chi connectivity index (χ4n) is 2.24. The highest BCUT2D eigenvalue weighted by molar-refractivity contribution is 5.59. The lowest BCUT2D eigenvalue weighted by molar-refractivity contribution is -0.137. The average Bonchev–Trinajstić information content (AvgIpc) is 2.38. The molecule has 112 valence electrons. The fraction of sp³-hybridized carbons (Fsp3) is 0.538. The quantitative estimate of drug-likeness (QED) is 0.866. The molecule has 20 heavy (non-hydrogen) atoms. The van der Waals surface area contributed by atoms with E-state index in [1.165, 1.54) is 7.11 Å². The Balaban J connectivity index is 2.30. The summed E-state index contributed by atoms with van der Waals surface area (Å²) >= 11 is 0. The zero-order valence-corrected chi connectivity index (χ0v) is 11.2. The number of ether oxygens (including phenoxy) is 2. The maximum atomic E-state index is 12.8. The zero-order chi connectivity index (χ0) is 14.8. The molecule has 0 unspecified atom stereocenters. The maximum absolute atomic E-state index is 12.8. The van der Waals surface area contributed by atoms with Crippen LogP contribution in [0.15, 0.2) is 12.1 Å². The summed E-state index contributed by atoms with van der Waals surface area (Å²) < 4.78 is 48.8. The smallest absolute Gasteiger partial charge is 0.416 e. The van der Waals surface area contributed by atoms with Crippen LogP contribution in [0.5, 0.6) is 5.75 Å². The lowest BCUT2D eigenvalue weighted by Crippen LogP contribution is -2.35. The van der Waals surface area contributed by atoms with Crippen LogP contribution in [0.3, 0.4) is 0 Å². The van der Waals surface area contributed by atoms with Gasteiger partial charge in [0.1, 0.15) is 5.75 Å². The van der Waals surface area contributed by atoms with Crippen LogP contribution in [0.1, 0.15) is 11.1 Å². The second kappa shape index (κ2) is 5.88. The number of morpholine rings is 1. The first-order valence-electron chi connectivity index (χ1n) is 6.25. The highest BCUT2D eigenvalue weighted by Gasteiger charge is 2.32. The van der Waals surface area contributed by atoms with Gasteiger partial charge in [0.2, 0.25) is 0 Å². The van der Waals surface area contributed by atoms with Crippen LogP contribution in [0, 0.1) is 0 Å². The molecule has 1 aromatic rings. The largest absolute Gasteiger partial charge is 0.494 e. The summed E-state index contributed by atoms with van der Waals surface area (Å²) in [6.07, 6.45) is -4.42. The van der Waals surface area contributed by atoms with Gasteiger partial charge in [-0.3, -0.25) is 4.90 Å². The van der Waals surface area contributed by atoms with Crippen LogP contribution in [-0.4, -0.2) is 38.3 Å². The predicted molar refractivity (Wildman–Crippen MR) is 68.5 cm³/mol. The van der Waals surface area contributed by atoms with Gasteiger partial charge in [0.05, 0.1) is 31.6 Å². The number of nitrogens with two attached hydrogens (primary N) is 1. The minimum Gasteiger partial charge on any atom is -0.494 e. The van der Waals surface area contributed by atoms with E-state index in [0.717, 1.165) is 12.1 Å². The SMILES string of the molecule is COc1c(N)cc(C(F)(F)F)cc1CN1CCOCC1. The van der Waals surface area contributed by atoms with Gasteiger partial charge in [0.15, 0.2) is 0 Å². The van der Waals surface area contributed by atoms with E-state index in [4.69, 9.17) is 15.2 Å². The Morgan fingerprint density at radius 3 is 2.50 bits per heavy atom. The standard InChI is InChI=1S/C13H17F3N2O2/c1-19-12-9(8-18-2-4-20-5-3-18)6-10(7-11(12)17)13(14,15)16/h6-7H,2-5,8,17H2,1H3. The van der Waals surface area contributed by atoms with Crippen molar-refractivity contribution >= 4 is 5.69 Å². The maximum Gasteiger partial charge on any atom is 0.416 e. The highest BCUT2D eigenvalue weighted by atomic mass is 19.4. The molecule has 0 spiro atoms. The van der Waals surface area contributed by atoms with Crippen molar-refractivity contribution in [3.8, 4) is 5.75 Å². The first-order chi connectivity index (χ1) is 9.41. The van der Waals surface area contributed by atoms with Gasteiger partial charge in [0.25, 0.3) is 0 Å². The number of rotatable bonds is 3. The molecule has 0 aromatic heterocycles. The monoisotopic (exact) mass is 290 g/mol. The molecule has 0 amide bonds. The van der Waals surface area contributed by atoms with Crippen molar-refractivity contribution in [2.75, 3.05) is 39.1 Å². The number of benzene rings is 1. The molecule has 1 aliphatic rings. The Labute approximate surface area is 115 Å². The number of methoxy groups -OCH3 is 1. The highest BCUT2D eigenvalue weighted by Crippen LogP contribution is 2.37. The third-order valence-corrected chi connectivity index (χ3v) is 3.22. The van der Waals surface area contributed by atoms with Crippen LogP contribution in [0.2, 0.25) is 0 Å². The Bertz CT molecular complexity index is 471. The first-order valence-corrected chi connectivity index (χ1v) is 6.25. The van der Waals surface area contributed by atoms with E-state index in [9.17, 15) is 13.2 Å². The number of nitrogen functional groups attached to an aromatic ring is 1. The van der Waals surface area contributed by atoms with Crippen molar-refractivity contribution in [1.82, 2.24) is 4.90 Å². The number of hydrogen-bond donors (Lipinski definition) is 1. The molecule has 0 atom stereocenters. The van der Waals surface area contributed by atoms with Gasteiger partial charge in [-0.05, 0) is 12.1 Å². The molecular formula is C13H17F3N2O2. The summed E-state index contributed by atoms with van der Waals surface area (Å²) in [6.45, 7) is 2.88. The molecule has 1 fully saturated rings. The van der Waals surface area contributed by atoms with E-state index in [2.05, 4.69) is 0 Å². The molecule has 2 N–H and O–H groups in total. The van der Waals surface area contributed by atoms with Gasteiger partial charge in [-0.15, -0.1) is 0 Å². The Hall–Kier alpha value is -1.47. The van der Waals surface area contributed by atoms with E-state index >= 15 is 0 Å². The predicted octanol–water partition coefficient (Wildman–Crippen LogP) is 2.13. The first kappa shape index (κ1) is 14.9. The second-order valence-electron chi connectivity index (χ2n) is 4.64. The van der Waals surface area contributed by atoms with Crippen molar-refractivity contribution in [2.45, 2.75) is 12.7 Å². The molecule has 1 saturated heterocycles. The topological polar surface area (TPSA) is 47.7 Å². The van der Waals surface area contributed by atoms with E-state index in [-0.39, 0.29) is 5.69 Å². The van der Waals surface area contributed by atoms with Gasteiger partial charge in [0, 0.05) is 25.2 Å². The lowest BCUT2D eigenvalue weighted by Gasteiger charge is -2.27. The number of hydrogen-bond acceptors (Lipinski definition) is 4. The normalized spacial score (nSPS) is 17.2. The number of nitrogens with zero attached hydrogens (tertiary/aromatic N) is 1. The second-order valence-corrected chi connectivity index (χ2v) is 4.64. The lowest BCUT2D eigenvalue weighted by atomic mass is 10.1. The van der Waals surface area contributed by atoms with Gasteiger partial charge in [-0.25, -0.2) is 0 Å². The summed E-state index contributed by atoms with van der Waals surface area (Å²) in [5.74, 6) is 0.310. The van der Waals surface area contributed by atoms with Crippen LogP contribution in [-0.2, 0) is 17.5 Å². The van der Waals surface area contributed by atoms with E-state index < -0.39 is 11.7 Å². The minimum atomic E-state index is -4.42. The van der Waals surface area contributed by atoms with Crippen LogP contribution < -0.4 is 10.5 Å². The minimum absolute atomic E-state index is 0.00517. The molecule has 1 aliphatic heterocycles. The Morgan fingerprint density at radius 2 is 1.95 bits per heavy atom. The molecule has 1 heterocycles. The number of anilines is 1. The van der Waals surface area contributed by atoms with Crippen molar-refractivity contribution in [2.24, 2.45) is 0 Å². The Morgan fingerprint density at radius 1 is 1.30 bits per heavy atom. The molecular weight excluding hydrogens is 273 g/mol. The Kier molecular flexibility index (Phi) is 4.39. The third-order valence-electron chi connectivity index (χ3n) is 3.22. The van der Waals surface area contributed by atoms with Crippen molar-refractivity contribution < 1.29 is 22.6 Å². The summed E-state index contributed by atoms with van der Waals surface area (Å²) in [5.41, 5.74) is 5.37. The summed E-state index contributed by atoms with van der Waals surface area (Å²) in [7, 11) is 1.40. The van der Waals surface area contributed by atoms with Crippen LogP contribution >= 0.6 is 0 Å². The number of alkyl halides is 3. The summed E-state index contributed by atoms with van der Waals surface area (Å²) in [5, 5.41) is 0. The van der Waals surface area contributed by atoms with E-state index in [0.29, 0.717) is 44.2 Å². The van der Waals surface area contributed by atoms with Gasteiger partial charge >= 0.3 is 6.18 Å². The molecule has 4 nitrogen and oxygen atoms in total. The van der Waals surface area contributed by atoms with Gasteiger partial charge in [-0.2, -0.15) is 13.2 Å². The molecule has 7 heteroatoms. The van der Waals surface area contributed by atoms with Crippen molar-refractivity contribution in [3.63, 3.8) is 0 Å². The van der Waals surface area contributed by atoms with Crippen LogP contribution in [0.25, 0.3) is 0 Å². The van der Waals surface area contributed by atoms with Crippen molar-refractivity contribution in [1.29, 1.82) is 0 Å².